The van der Waals surface area contributed by atoms with Crippen LogP contribution in [0, 0.1) is 5.41 Å². The highest BCUT2D eigenvalue weighted by atomic mass is 16.4. The van der Waals surface area contributed by atoms with Crippen LogP contribution in [0.4, 0.5) is 5.69 Å². The van der Waals surface area contributed by atoms with Crippen LogP contribution in [0.25, 0.3) is 6.08 Å². The minimum atomic E-state index is -0.999. The Hall–Kier alpha value is -2.10. The first kappa shape index (κ1) is 15.0. The fourth-order valence-electron chi connectivity index (χ4n) is 1.35. The highest BCUT2D eigenvalue weighted by Crippen LogP contribution is 2.22. The zero-order valence-electron chi connectivity index (χ0n) is 11.4. The molecule has 4 nitrogen and oxygen atoms in total. The summed E-state index contributed by atoms with van der Waals surface area (Å²) in [6, 6.07) is 7.07. The standard InChI is InChI=1S/C15H19NO3/c1-4-15(2,3)14(19)16-12-7-5-6-11(10-12)8-9-13(17)18/h5-10H,4H2,1-3H3,(H,16,19)(H,17,18)/b9-8+. The lowest BCUT2D eigenvalue weighted by molar-refractivity contribution is -0.131. The molecule has 1 amide bonds. The molecule has 0 atom stereocenters. The molecule has 102 valence electrons. The van der Waals surface area contributed by atoms with Crippen LogP contribution < -0.4 is 5.32 Å². The van der Waals surface area contributed by atoms with Gasteiger partial charge in [-0.2, -0.15) is 0 Å². The molecule has 4 heteroatoms. The average molecular weight is 261 g/mol. The van der Waals surface area contributed by atoms with Gasteiger partial charge in [0.2, 0.25) is 5.91 Å². The molecular weight excluding hydrogens is 242 g/mol. The molecule has 0 aliphatic heterocycles. The van der Waals surface area contributed by atoms with E-state index in [9.17, 15) is 9.59 Å². The number of nitrogens with one attached hydrogen (secondary N) is 1. The van der Waals surface area contributed by atoms with Crippen LogP contribution in [0.5, 0.6) is 0 Å². The van der Waals surface area contributed by atoms with Crippen molar-refractivity contribution >= 4 is 23.6 Å². The van der Waals surface area contributed by atoms with Gasteiger partial charge in [-0.25, -0.2) is 4.79 Å². The normalized spacial score (nSPS) is 11.5. The molecule has 0 aromatic heterocycles. The van der Waals surface area contributed by atoms with Gasteiger partial charge in [-0.1, -0.05) is 32.9 Å². The Bertz CT molecular complexity index is 504. The number of rotatable bonds is 5. The molecule has 0 radical (unpaired) electrons. The van der Waals surface area contributed by atoms with Crippen molar-refractivity contribution in [1.82, 2.24) is 0 Å². The first-order valence-corrected chi connectivity index (χ1v) is 6.17. The molecule has 0 aliphatic carbocycles. The smallest absolute Gasteiger partial charge is 0.328 e. The Morgan fingerprint density at radius 2 is 2.05 bits per heavy atom. The lowest BCUT2D eigenvalue weighted by Crippen LogP contribution is -2.29. The topological polar surface area (TPSA) is 66.4 Å². The molecular formula is C15H19NO3. The van der Waals surface area contributed by atoms with E-state index in [1.165, 1.54) is 6.08 Å². The predicted octanol–water partition coefficient (Wildman–Crippen LogP) is 3.16. The highest BCUT2D eigenvalue weighted by molar-refractivity contribution is 5.95. The van der Waals surface area contributed by atoms with E-state index >= 15 is 0 Å². The van der Waals surface area contributed by atoms with Gasteiger partial charge in [0.05, 0.1) is 0 Å². The summed E-state index contributed by atoms with van der Waals surface area (Å²) in [4.78, 5) is 22.5. The fourth-order valence-corrected chi connectivity index (χ4v) is 1.35. The van der Waals surface area contributed by atoms with Crippen molar-refractivity contribution in [2.45, 2.75) is 27.2 Å². The van der Waals surface area contributed by atoms with Crippen molar-refractivity contribution in [2.24, 2.45) is 5.41 Å². The van der Waals surface area contributed by atoms with Crippen LogP contribution in [0.3, 0.4) is 0 Å². The quantitative estimate of drug-likeness (QED) is 0.800. The van der Waals surface area contributed by atoms with Gasteiger partial charge in [-0.3, -0.25) is 4.79 Å². The lowest BCUT2D eigenvalue weighted by Gasteiger charge is -2.21. The number of benzene rings is 1. The van der Waals surface area contributed by atoms with E-state index < -0.39 is 11.4 Å². The maximum absolute atomic E-state index is 12.0. The maximum Gasteiger partial charge on any atom is 0.328 e. The van der Waals surface area contributed by atoms with Crippen molar-refractivity contribution in [1.29, 1.82) is 0 Å². The number of hydrogen-bond donors (Lipinski definition) is 2. The van der Waals surface area contributed by atoms with E-state index in [-0.39, 0.29) is 5.91 Å². The zero-order chi connectivity index (χ0) is 14.5. The highest BCUT2D eigenvalue weighted by Gasteiger charge is 2.25. The summed E-state index contributed by atoms with van der Waals surface area (Å²) in [5.41, 5.74) is 0.973. The molecule has 1 aromatic carbocycles. The van der Waals surface area contributed by atoms with Gasteiger partial charge in [0, 0.05) is 17.2 Å². The van der Waals surface area contributed by atoms with Gasteiger partial charge in [0.25, 0.3) is 0 Å². The molecule has 19 heavy (non-hydrogen) atoms. The summed E-state index contributed by atoms with van der Waals surface area (Å²) in [6.45, 7) is 5.73. The van der Waals surface area contributed by atoms with E-state index in [1.807, 2.05) is 20.8 Å². The summed E-state index contributed by atoms with van der Waals surface area (Å²) in [7, 11) is 0. The summed E-state index contributed by atoms with van der Waals surface area (Å²) in [6.07, 6.45) is 3.30. The minimum Gasteiger partial charge on any atom is -0.478 e. The summed E-state index contributed by atoms with van der Waals surface area (Å²) >= 11 is 0. The minimum absolute atomic E-state index is 0.0469. The second-order valence-corrected chi connectivity index (χ2v) is 4.99. The van der Waals surface area contributed by atoms with Crippen LogP contribution in [-0.4, -0.2) is 17.0 Å². The second-order valence-electron chi connectivity index (χ2n) is 4.99. The fraction of sp³-hybridized carbons (Fsp3) is 0.333. The van der Waals surface area contributed by atoms with E-state index in [1.54, 1.807) is 24.3 Å². The monoisotopic (exact) mass is 261 g/mol. The molecule has 0 bridgehead atoms. The molecule has 0 aliphatic rings. The van der Waals surface area contributed by atoms with E-state index in [4.69, 9.17) is 5.11 Å². The third-order valence-electron chi connectivity index (χ3n) is 3.06. The Kier molecular flexibility index (Phi) is 4.87. The third kappa shape index (κ3) is 4.58. The van der Waals surface area contributed by atoms with Gasteiger partial charge in [0.1, 0.15) is 0 Å². The van der Waals surface area contributed by atoms with Gasteiger partial charge in [-0.05, 0) is 30.2 Å². The summed E-state index contributed by atoms with van der Waals surface area (Å²) in [5.74, 6) is -1.05. The van der Waals surface area contributed by atoms with Crippen LogP contribution in [0.2, 0.25) is 0 Å². The zero-order valence-corrected chi connectivity index (χ0v) is 11.4. The summed E-state index contributed by atoms with van der Waals surface area (Å²) in [5, 5.41) is 11.4. The van der Waals surface area contributed by atoms with E-state index in [0.29, 0.717) is 5.69 Å². The first-order valence-electron chi connectivity index (χ1n) is 6.17. The van der Waals surface area contributed by atoms with Gasteiger partial charge in [-0.15, -0.1) is 0 Å². The molecule has 0 unspecified atom stereocenters. The molecule has 0 saturated heterocycles. The van der Waals surface area contributed by atoms with Crippen LogP contribution in [0.1, 0.15) is 32.8 Å². The van der Waals surface area contributed by atoms with Gasteiger partial charge in [0.15, 0.2) is 0 Å². The van der Waals surface area contributed by atoms with E-state index in [2.05, 4.69) is 5.32 Å². The molecule has 0 fully saturated rings. The Balaban J connectivity index is 2.83. The number of carboxylic acids is 1. The largest absolute Gasteiger partial charge is 0.478 e. The molecule has 2 N–H and O–H groups in total. The average Bonchev–Trinajstić information content (AvgIpc) is 2.36. The third-order valence-corrected chi connectivity index (χ3v) is 3.06. The maximum atomic E-state index is 12.0. The van der Waals surface area contributed by atoms with Crippen molar-refractivity contribution in [3.05, 3.63) is 35.9 Å². The van der Waals surface area contributed by atoms with Crippen molar-refractivity contribution in [2.75, 3.05) is 5.32 Å². The molecule has 0 saturated carbocycles. The van der Waals surface area contributed by atoms with Gasteiger partial charge < -0.3 is 10.4 Å². The molecule has 0 spiro atoms. The van der Waals surface area contributed by atoms with Crippen molar-refractivity contribution in [3.8, 4) is 0 Å². The number of hydrogen-bond acceptors (Lipinski definition) is 2. The number of carbonyl (C=O) groups excluding carboxylic acids is 1. The van der Waals surface area contributed by atoms with Crippen LogP contribution in [0.15, 0.2) is 30.3 Å². The Morgan fingerprint density at radius 1 is 1.37 bits per heavy atom. The SMILES string of the molecule is CCC(C)(C)C(=O)Nc1cccc(/C=C/C(=O)O)c1. The predicted molar refractivity (Wildman–Crippen MR) is 75.8 cm³/mol. The molecule has 1 rings (SSSR count). The summed E-state index contributed by atoms with van der Waals surface area (Å²) < 4.78 is 0. The number of carbonyl (C=O) groups is 2. The first-order chi connectivity index (χ1) is 8.85. The Morgan fingerprint density at radius 3 is 2.63 bits per heavy atom. The number of anilines is 1. The van der Waals surface area contributed by atoms with Gasteiger partial charge >= 0.3 is 5.97 Å². The lowest BCUT2D eigenvalue weighted by atomic mass is 9.89. The van der Waals surface area contributed by atoms with Crippen LogP contribution >= 0.6 is 0 Å². The number of aliphatic carboxylic acids is 1. The molecule has 0 heterocycles. The molecule has 1 aromatic rings. The van der Waals surface area contributed by atoms with Crippen molar-refractivity contribution in [3.63, 3.8) is 0 Å². The van der Waals surface area contributed by atoms with Crippen LogP contribution in [-0.2, 0) is 9.59 Å². The van der Waals surface area contributed by atoms with Crippen molar-refractivity contribution < 1.29 is 14.7 Å². The van der Waals surface area contributed by atoms with E-state index in [0.717, 1.165) is 18.1 Å². The number of amides is 1. The number of carboxylic acid groups (broad SMARTS) is 1. The Labute approximate surface area is 113 Å². The second kappa shape index (κ2) is 6.18.